The Morgan fingerprint density at radius 2 is 2.05 bits per heavy atom. The smallest absolute Gasteiger partial charge is 0.252 e. The molecule has 0 unspecified atom stereocenters. The first-order valence-corrected chi connectivity index (χ1v) is 6.56. The quantitative estimate of drug-likeness (QED) is 0.713. The van der Waals surface area contributed by atoms with Crippen molar-refractivity contribution in [2.75, 3.05) is 6.61 Å². The van der Waals surface area contributed by atoms with Crippen molar-refractivity contribution >= 4 is 11.8 Å². The van der Waals surface area contributed by atoms with E-state index in [2.05, 4.69) is 17.2 Å². The molecule has 0 saturated carbocycles. The van der Waals surface area contributed by atoms with Crippen molar-refractivity contribution in [2.45, 2.75) is 32.7 Å². The van der Waals surface area contributed by atoms with Gasteiger partial charge in [-0.15, -0.1) is 0 Å². The number of rotatable bonds is 4. The van der Waals surface area contributed by atoms with E-state index < -0.39 is 11.4 Å². The number of aliphatic hydroxyl groups excluding tert-OH is 1. The summed E-state index contributed by atoms with van der Waals surface area (Å²) < 4.78 is 0. The summed E-state index contributed by atoms with van der Waals surface area (Å²) in [7, 11) is 0. The van der Waals surface area contributed by atoms with E-state index in [1.54, 1.807) is 32.0 Å². The lowest BCUT2D eigenvalue weighted by molar-refractivity contribution is -0.119. The van der Waals surface area contributed by atoms with Crippen molar-refractivity contribution in [3.63, 3.8) is 0 Å². The van der Waals surface area contributed by atoms with Gasteiger partial charge in [0.25, 0.3) is 5.91 Å². The number of amides is 2. The van der Waals surface area contributed by atoms with Gasteiger partial charge in [0.05, 0.1) is 5.56 Å². The van der Waals surface area contributed by atoms with Gasteiger partial charge in [-0.05, 0) is 38.5 Å². The number of nitrogens with one attached hydrogen (secondary N) is 1. The molecular weight excluding hydrogens is 268 g/mol. The number of nitrogens with two attached hydrogens (primary N) is 1. The molecule has 0 aromatic heterocycles. The van der Waals surface area contributed by atoms with Gasteiger partial charge in [0.15, 0.2) is 0 Å². The van der Waals surface area contributed by atoms with Crippen LogP contribution in [0.15, 0.2) is 18.2 Å². The summed E-state index contributed by atoms with van der Waals surface area (Å²) in [5.74, 6) is 4.48. The Morgan fingerprint density at radius 1 is 1.38 bits per heavy atom. The fourth-order valence-corrected chi connectivity index (χ4v) is 1.95. The summed E-state index contributed by atoms with van der Waals surface area (Å²) in [6, 6.07) is 5.26. The molecule has 5 heteroatoms. The highest BCUT2D eigenvalue weighted by Crippen LogP contribution is 2.14. The summed E-state index contributed by atoms with van der Waals surface area (Å²) >= 11 is 0. The van der Waals surface area contributed by atoms with Gasteiger partial charge in [-0.2, -0.15) is 0 Å². The number of primary amides is 1. The summed E-state index contributed by atoms with van der Waals surface area (Å²) in [4.78, 5) is 23.4. The monoisotopic (exact) mass is 288 g/mol. The third-order valence-electron chi connectivity index (χ3n) is 2.79. The minimum absolute atomic E-state index is 0.0439. The fraction of sp³-hybridized carbons (Fsp3) is 0.375. The van der Waals surface area contributed by atoms with Crippen LogP contribution in [0.5, 0.6) is 0 Å². The van der Waals surface area contributed by atoms with Gasteiger partial charge in [0.1, 0.15) is 6.61 Å². The van der Waals surface area contributed by atoms with Gasteiger partial charge < -0.3 is 16.2 Å². The first kappa shape index (κ1) is 16.7. The molecule has 0 radical (unpaired) electrons. The molecule has 0 heterocycles. The number of hydrogen-bond donors (Lipinski definition) is 3. The Morgan fingerprint density at radius 3 is 2.62 bits per heavy atom. The molecule has 0 saturated heterocycles. The maximum Gasteiger partial charge on any atom is 0.252 e. The molecule has 1 aromatic carbocycles. The predicted octanol–water partition coefficient (Wildman–Crippen LogP) is 0.723. The maximum absolute atomic E-state index is 12.3. The van der Waals surface area contributed by atoms with Crippen LogP contribution in [0.4, 0.5) is 0 Å². The molecule has 2 amide bonds. The van der Waals surface area contributed by atoms with E-state index in [1.807, 2.05) is 6.92 Å². The van der Waals surface area contributed by atoms with Gasteiger partial charge in [0.2, 0.25) is 5.91 Å². The normalized spacial score (nSPS) is 10.5. The highest BCUT2D eigenvalue weighted by molar-refractivity contribution is 5.97. The van der Waals surface area contributed by atoms with Crippen LogP contribution in [0.3, 0.4) is 0 Å². The topological polar surface area (TPSA) is 92.4 Å². The van der Waals surface area contributed by atoms with E-state index in [9.17, 15) is 9.59 Å². The van der Waals surface area contributed by atoms with Crippen molar-refractivity contribution in [1.82, 2.24) is 5.32 Å². The predicted molar refractivity (Wildman–Crippen MR) is 80.5 cm³/mol. The zero-order valence-electron chi connectivity index (χ0n) is 12.5. The summed E-state index contributed by atoms with van der Waals surface area (Å²) in [5.41, 5.74) is 6.33. The number of hydrogen-bond acceptors (Lipinski definition) is 3. The molecule has 112 valence electrons. The van der Waals surface area contributed by atoms with Crippen molar-refractivity contribution in [2.24, 2.45) is 5.73 Å². The highest BCUT2D eigenvalue weighted by Gasteiger charge is 2.24. The van der Waals surface area contributed by atoms with Crippen LogP contribution < -0.4 is 11.1 Å². The third-order valence-corrected chi connectivity index (χ3v) is 2.79. The minimum atomic E-state index is -0.741. The third kappa shape index (κ3) is 5.28. The van der Waals surface area contributed by atoms with E-state index in [0.717, 1.165) is 5.56 Å². The zero-order chi connectivity index (χ0) is 16.0. The molecule has 0 aliphatic heterocycles. The lowest BCUT2D eigenvalue weighted by Crippen LogP contribution is -2.46. The van der Waals surface area contributed by atoms with Crippen molar-refractivity contribution in [3.05, 3.63) is 34.9 Å². The van der Waals surface area contributed by atoms with E-state index in [1.165, 1.54) is 0 Å². The SMILES string of the molecule is Cc1ccc(C(=O)NC(C)(C)CC(N)=O)c(C#CCO)c1. The second kappa shape index (κ2) is 6.91. The molecule has 5 nitrogen and oxygen atoms in total. The number of aryl methyl sites for hydroxylation is 1. The van der Waals surface area contributed by atoms with Crippen LogP contribution >= 0.6 is 0 Å². The Kier molecular flexibility index (Phi) is 5.51. The summed E-state index contributed by atoms with van der Waals surface area (Å²) in [6.45, 7) is 5.07. The molecule has 0 spiro atoms. The first-order valence-electron chi connectivity index (χ1n) is 6.56. The zero-order valence-corrected chi connectivity index (χ0v) is 12.5. The van der Waals surface area contributed by atoms with Crippen LogP contribution in [0.1, 0.15) is 41.8 Å². The molecule has 1 aromatic rings. The van der Waals surface area contributed by atoms with E-state index in [-0.39, 0.29) is 18.9 Å². The van der Waals surface area contributed by atoms with Crippen molar-refractivity contribution < 1.29 is 14.7 Å². The molecule has 0 aliphatic carbocycles. The van der Waals surface area contributed by atoms with Crippen LogP contribution in [-0.2, 0) is 4.79 Å². The average Bonchev–Trinajstić information content (AvgIpc) is 2.33. The number of benzene rings is 1. The Labute approximate surface area is 124 Å². The standard InChI is InChI=1S/C16H20N2O3/c1-11-6-7-13(12(9-11)5-4-8-19)15(21)18-16(2,3)10-14(17)20/h6-7,9,19H,8,10H2,1-3H3,(H2,17,20)(H,18,21). The molecule has 4 N–H and O–H groups in total. The molecule has 0 bridgehead atoms. The maximum atomic E-state index is 12.3. The van der Waals surface area contributed by atoms with Crippen LogP contribution in [-0.4, -0.2) is 29.1 Å². The summed E-state index contributed by atoms with van der Waals surface area (Å²) in [5, 5.41) is 11.6. The Balaban J connectivity index is 3.04. The van der Waals surface area contributed by atoms with Gasteiger partial charge in [-0.1, -0.05) is 17.9 Å². The average molecular weight is 288 g/mol. The largest absolute Gasteiger partial charge is 0.384 e. The number of carbonyl (C=O) groups excluding carboxylic acids is 2. The van der Waals surface area contributed by atoms with E-state index in [4.69, 9.17) is 10.8 Å². The van der Waals surface area contributed by atoms with Crippen molar-refractivity contribution in [3.8, 4) is 11.8 Å². The van der Waals surface area contributed by atoms with E-state index >= 15 is 0 Å². The fourth-order valence-electron chi connectivity index (χ4n) is 1.95. The lowest BCUT2D eigenvalue weighted by Gasteiger charge is -2.25. The molecule has 21 heavy (non-hydrogen) atoms. The van der Waals surface area contributed by atoms with Gasteiger partial charge >= 0.3 is 0 Å². The molecule has 1 rings (SSSR count). The molecule has 0 aliphatic rings. The van der Waals surface area contributed by atoms with E-state index in [0.29, 0.717) is 11.1 Å². The van der Waals surface area contributed by atoms with Crippen LogP contribution in [0.25, 0.3) is 0 Å². The van der Waals surface area contributed by atoms with Gasteiger partial charge in [-0.25, -0.2) is 0 Å². The number of carbonyl (C=O) groups is 2. The molecule has 0 atom stereocenters. The Hall–Kier alpha value is -2.32. The minimum Gasteiger partial charge on any atom is -0.384 e. The van der Waals surface area contributed by atoms with Gasteiger partial charge in [-0.3, -0.25) is 9.59 Å². The second-order valence-electron chi connectivity index (χ2n) is 5.49. The van der Waals surface area contributed by atoms with Crippen LogP contribution in [0.2, 0.25) is 0 Å². The first-order chi connectivity index (χ1) is 9.75. The van der Waals surface area contributed by atoms with Crippen LogP contribution in [0, 0.1) is 18.8 Å². The Bertz CT molecular complexity index is 610. The highest BCUT2D eigenvalue weighted by atomic mass is 16.2. The molecular formula is C16H20N2O3. The number of aliphatic hydroxyl groups is 1. The second-order valence-corrected chi connectivity index (χ2v) is 5.49. The molecule has 0 fully saturated rings. The lowest BCUT2D eigenvalue weighted by atomic mass is 9.98. The van der Waals surface area contributed by atoms with Gasteiger partial charge in [0, 0.05) is 17.5 Å². The summed E-state index contributed by atoms with van der Waals surface area (Å²) in [6.07, 6.45) is 0.0439. The van der Waals surface area contributed by atoms with Crippen molar-refractivity contribution in [1.29, 1.82) is 0 Å².